The van der Waals surface area contributed by atoms with Crippen molar-refractivity contribution in [1.82, 2.24) is 5.32 Å². The number of aliphatic carboxylic acids is 1. The van der Waals surface area contributed by atoms with Crippen LogP contribution in [0.1, 0.15) is 32.6 Å². The van der Waals surface area contributed by atoms with Crippen molar-refractivity contribution in [2.75, 3.05) is 0 Å². The van der Waals surface area contributed by atoms with Crippen LogP contribution in [0.3, 0.4) is 0 Å². The summed E-state index contributed by atoms with van der Waals surface area (Å²) in [6.45, 7) is 1.31. The highest BCUT2D eigenvalue weighted by atomic mass is 16.5. The van der Waals surface area contributed by atoms with E-state index in [1.54, 1.807) is 0 Å². The van der Waals surface area contributed by atoms with Gasteiger partial charge in [0.25, 0.3) is 5.91 Å². The van der Waals surface area contributed by atoms with Crippen LogP contribution in [0.5, 0.6) is 0 Å². The van der Waals surface area contributed by atoms with E-state index in [0.29, 0.717) is 0 Å². The molecule has 84 valence electrons. The number of amides is 1. The Hall–Kier alpha value is -1.10. The van der Waals surface area contributed by atoms with Crippen LogP contribution in [0.15, 0.2) is 0 Å². The highest BCUT2D eigenvalue weighted by molar-refractivity contribution is 6.05. The van der Waals surface area contributed by atoms with Crippen molar-refractivity contribution < 1.29 is 19.4 Å². The van der Waals surface area contributed by atoms with E-state index >= 15 is 0 Å². The number of morpholine rings is 1. The molecule has 5 heteroatoms. The van der Waals surface area contributed by atoms with Crippen molar-refractivity contribution in [1.29, 1.82) is 0 Å². The second kappa shape index (κ2) is 3.48. The summed E-state index contributed by atoms with van der Waals surface area (Å²) in [6.07, 6.45) is 3.67. The predicted octanol–water partition coefficient (Wildman–Crippen LogP) is 0.287. The third-order valence-corrected chi connectivity index (χ3v) is 3.25. The van der Waals surface area contributed by atoms with Gasteiger partial charge in [-0.1, -0.05) is 12.8 Å². The Bertz CT molecular complexity index is 304. The lowest BCUT2D eigenvalue weighted by atomic mass is 9.88. The van der Waals surface area contributed by atoms with E-state index in [0.717, 1.165) is 25.7 Å². The number of fused-ring (bicyclic) bond motifs is 1. The molecule has 3 atom stereocenters. The van der Waals surface area contributed by atoms with E-state index in [1.165, 1.54) is 6.92 Å². The van der Waals surface area contributed by atoms with Gasteiger partial charge in [0.15, 0.2) is 0 Å². The van der Waals surface area contributed by atoms with Gasteiger partial charge in [0.1, 0.15) is 0 Å². The lowest BCUT2D eigenvalue weighted by molar-refractivity contribution is -0.192. The number of hydrogen-bond acceptors (Lipinski definition) is 3. The molecule has 0 bridgehead atoms. The lowest BCUT2D eigenvalue weighted by Gasteiger charge is -2.42. The molecule has 0 aromatic rings. The van der Waals surface area contributed by atoms with Gasteiger partial charge in [-0.2, -0.15) is 0 Å². The third kappa shape index (κ3) is 1.61. The fraction of sp³-hybridized carbons (Fsp3) is 0.800. The molecule has 0 spiro atoms. The van der Waals surface area contributed by atoms with Gasteiger partial charge in [-0.15, -0.1) is 0 Å². The monoisotopic (exact) mass is 213 g/mol. The predicted molar refractivity (Wildman–Crippen MR) is 51.3 cm³/mol. The molecule has 0 aromatic heterocycles. The number of rotatable bonds is 1. The molecule has 1 saturated carbocycles. The number of hydrogen-bond donors (Lipinski definition) is 2. The van der Waals surface area contributed by atoms with Crippen molar-refractivity contribution >= 4 is 11.9 Å². The second-order valence-corrected chi connectivity index (χ2v) is 4.36. The summed E-state index contributed by atoms with van der Waals surface area (Å²) < 4.78 is 5.44. The molecule has 2 fully saturated rings. The molecule has 1 heterocycles. The summed E-state index contributed by atoms with van der Waals surface area (Å²) in [5, 5.41) is 11.7. The zero-order chi connectivity index (χ0) is 11.1. The minimum Gasteiger partial charge on any atom is -0.479 e. The van der Waals surface area contributed by atoms with Crippen LogP contribution in [0.4, 0.5) is 0 Å². The highest BCUT2D eigenvalue weighted by Gasteiger charge is 2.51. The number of ether oxygens (including phenoxy) is 1. The SMILES string of the molecule is CC1(C(=O)O)O[C@@H]2CCCC[C@H]2NC1=O. The van der Waals surface area contributed by atoms with Crippen molar-refractivity contribution in [2.45, 2.75) is 50.4 Å². The van der Waals surface area contributed by atoms with Gasteiger partial charge in [0.05, 0.1) is 12.1 Å². The van der Waals surface area contributed by atoms with E-state index in [9.17, 15) is 9.59 Å². The molecule has 1 aliphatic carbocycles. The number of carboxylic acid groups (broad SMARTS) is 1. The summed E-state index contributed by atoms with van der Waals surface area (Å²) in [6, 6.07) is -0.00123. The molecule has 2 N–H and O–H groups in total. The Morgan fingerprint density at radius 2 is 2.20 bits per heavy atom. The van der Waals surface area contributed by atoms with E-state index in [4.69, 9.17) is 9.84 Å². The Balaban J connectivity index is 2.18. The standard InChI is InChI=1S/C10H15NO4/c1-10(9(13)14)8(12)11-6-4-2-3-5-7(6)15-10/h6-7H,2-5H2,1H3,(H,11,12)(H,13,14)/t6-,7-,10?/m1/s1. The molecule has 5 nitrogen and oxygen atoms in total. The molecule has 0 radical (unpaired) electrons. The smallest absolute Gasteiger partial charge is 0.345 e. The molecular weight excluding hydrogens is 198 g/mol. The molecular formula is C10H15NO4. The van der Waals surface area contributed by atoms with Crippen molar-refractivity contribution in [3.63, 3.8) is 0 Å². The normalized spacial score (nSPS) is 40.5. The van der Waals surface area contributed by atoms with Gasteiger partial charge in [-0.05, 0) is 19.8 Å². The van der Waals surface area contributed by atoms with Crippen LogP contribution >= 0.6 is 0 Å². The first kappa shape index (κ1) is 10.4. The molecule has 1 unspecified atom stereocenters. The minimum absolute atomic E-state index is 0.00123. The van der Waals surface area contributed by atoms with Crippen molar-refractivity contribution in [2.24, 2.45) is 0 Å². The van der Waals surface area contributed by atoms with Gasteiger partial charge in [0.2, 0.25) is 5.60 Å². The van der Waals surface area contributed by atoms with Gasteiger partial charge in [-0.25, -0.2) is 4.79 Å². The first-order valence-corrected chi connectivity index (χ1v) is 5.26. The van der Waals surface area contributed by atoms with Crippen LogP contribution in [0, 0.1) is 0 Å². The largest absolute Gasteiger partial charge is 0.479 e. The fourth-order valence-electron chi connectivity index (χ4n) is 2.21. The topological polar surface area (TPSA) is 75.6 Å². The Morgan fingerprint density at radius 3 is 2.87 bits per heavy atom. The van der Waals surface area contributed by atoms with Gasteiger partial charge in [0, 0.05) is 0 Å². The zero-order valence-corrected chi connectivity index (χ0v) is 8.66. The van der Waals surface area contributed by atoms with E-state index in [-0.39, 0.29) is 12.1 Å². The summed E-state index contributed by atoms with van der Waals surface area (Å²) >= 11 is 0. The van der Waals surface area contributed by atoms with Crippen molar-refractivity contribution in [3.05, 3.63) is 0 Å². The van der Waals surface area contributed by atoms with E-state index in [2.05, 4.69) is 5.32 Å². The van der Waals surface area contributed by atoms with E-state index < -0.39 is 17.5 Å². The number of nitrogens with one attached hydrogen (secondary N) is 1. The maximum atomic E-state index is 11.6. The lowest BCUT2D eigenvalue weighted by Crippen LogP contribution is -2.65. The van der Waals surface area contributed by atoms with Crippen LogP contribution in [0.25, 0.3) is 0 Å². The molecule has 15 heavy (non-hydrogen) atoms. The van der Waals surface area contributed by atoms with Crippen LogP contribution in [-0.2, 0) is 14.3 Å². The molecule has 1 saturated heterocycles. The molecule has 2 rings (SSSR count). The van der Waals surface area contributed by atoms with Crippen LogP contribution in [0.2, 0.25) is 0 Å². The summed E-state index contributed by atoms with van der Waals surface area (Å²) in [5.41, 5.74) is -1.71. The van der Waals surface area contributed by atoms with Crippen LogP contribution in [-0.4, -0.2) is 34.7 Å². The quantitative estimate of drug-likeness (QED) is 0.614. The number of carbonyl (C=O) groups excluding carboxylic acids is 1. The number of carboxylic acids is 1. The fourth-order valence-corrected chi connectivity index (χ4v) is 2.21. The average Bonchev–Trinajstić information content (AvgIpc) is 2.19. The Morgan fingerprint density at radius 1 is 1.53 bits per heavy atom. The molecule has 1 amide bonds. The first-order valence-electron chi connectivity index (χ1n) is 5.26. The van der Waals surface area contributed by atoms with Crippen LogP contribution < -0.4 is 5.32 Å². The molecule has 1 aliphatic heterocycles. The molecule has 2 aliphatic rings. The van der Waals surface area contributed by atoms with Gasteiger partial charge < -0.3 is 15.2 Å². The van der Waals surface area contributed by atoms with Gasteiger partial charge >= 0.3 is 5.97 Å². The van der Waals surface area contributed by atoms with Gasteiger partial charge in [-0.3, -0.25) is 4.79 Å². The number of carbonyl (C=O) groups is 2. The van der Waals surface area contributed by atoms with Crippen molar-refractivity contribution in [3.8, 4) is 0 Å². The first-order chi connectivity index (χ1) is 7.04. The second-order valence-electron chi connectivity index (χ2n) is 4.36. The minimum atomic E-state index is -1.71. The Kier molecular flexibility index (Phi) is 2.42. The maximum Gasteiger partial charge on any atom is 0.345 e. The van der Waals surface area contributed by atoms with E-state index in [1.807, 2.05) is 0 Å². The summed E-state index contributed by atoms with van der Waals surface area (Å²) in [4.78, 5) is 22.6. The average molecular weight is 213 g/mol. The maximum absolute atomic E-state index is 11.6. The summed E-state index contributed by atoms with van der Waals surface area (Å²) in [5.74, 6) is -1.75. The summed E-state index contributed by atoms with van der Waals surface area (Å²) in [7, 11) is 0. The zero-order valence-electron chi connectivity index (χ0n) is 8.66. The molecule has 0 aromatic carbocycles. The Labute approximate surface area is 87.8 Å². The highest BCUT2D eigenvalue weighted by Crippen LogP contribution is 2.30. The third-order valence-electron chi connectivity index (χ3n) is 3.25.